The minimum Gasteiger partial charge on any atom is -0.383 e. The van der Waals surface area contributed by atoms with Crippen LogP contribution in [0.2, 0.25) is 0 Å². The second kappa shape index (κ2) is 10.1. The topological polar surface area (TPSA) is 102 Å². The van der Waals surface area contributed by atoms with E-state index < -0.39 is 0 Å². The molecule has 30 heavy (non-hydrogen) atoms. The number of methoxy groups -OCH3 is 1. The molecule has 0 radical (unpaired) electrons. The van der Waals surface area contributed by atoms with Gasteiger partial charge < -0.3 is 15.4 Å². The van der Waals surface area contributed by atoms with Gasteiger partial charge in [-0.3, -0.25) is 19.0 Å². The van der Waals surface area contributed by atoms with E-state index in [0.29, 0.717) is 39.8 Å². The molecule has 8 nitrogen and oxygen atoms in total. The van der Waals surface area contributed by atoms with E-state index in [0.717, 1.165) is 12.1 Å². The number of nitrogens with zero attached hydrogens (tertiary/aromatic N) is 2. The third-order valence-electron chi connectivity index (χ3n) is 4.28. The number of hydrogen-bond donors (Lipinski definition) is 2. The zero-order valence-electron chi connectivity index (χ0n) is 17.1. The van der Waals surface area contributed by atoms with Crippen molar-refractivity contribution in [3.05, 3.63) is 40.3 Å². The molecule has 0 saturated heterocycles. The van der Waals surface area contributed by atoms with E-state index in [1.807, 2.05) is 0 Å². The van der Waals surface area contributed by atoms with Crippen molar-refractivity contribution in [1.29, 1.82) is 0 Å². The van der Waals surface area contributed by atoms with Gasteiger partial charge in [0.15, 0.2) is 5.16 Å². The first-order valence-electron chi connectivity index (χ1n) is 9.47. The Balaban J connectivity index is 1.71. The van der Waals surface area contributed by atoms with Crippen molar-refractivity contribution in [1.82, 2.24) is 9.55 Å². The van der Waals surface area contributed by atoms with Gasteiger partial charge in [-0.15, -0.1) is 11.8 Å². The lowest BCUT2D eigenvalue weighted by atomic mass is 10.2. The summed E-state index contributed by atoms with van der Waals surface area (Å²) in [6.45, 7) is 4.26. The summed E-state index contributed by atoms with van der Waals surface area (Å²) < 4.78 is 6.71. The Morgan fingerprint density at radius 1 is 1.33 bits per heavy atom. The molecule has 0 bridgehead atoms. The number of rotatable bonds is 8. The lowest BCUT2D eigenvalue weighted by molar-refractivity contribution is -0.114. The predicted molar refractivity (Wildman–Crippen MR) is 119 cm³/mol. The Labute approximate surface area is 183 Å². The molecule has 0 spiro atoms. The molecule has 1 aromatic heterocycles. The Morgan fingerprint density at radius 3 is 2.77 bits per heavy atom. The van der Waals surface area contributed by atoms with Crippen molar-refractivity contribution in [3.8, 4) is 0 Å². The van der Waals surface area contributed by atoms with Crippen molar-refractivity contribution in [2.24, 2.45) is 0 Å². The van der Waals surface area contributed by atoms with Crippen molar-refractivity contribution >= 4 is 46.7 Å². The molecule has 0 saturated carbocycles. The highest BCUT2D eigenvalue weighted by Gasteiger charge is 2.26. The minimum absolute atomic E-state index is 0.0719. The Morgan fingerprint density at radius 2 is 2.07 bits per heavy atom. The molecule has 1 atom stereocenters. The van der Waals surface area contributed by atoms with Gasteiger partial charge in [0.1, 0.15) is 0 Å². The number of benzene rings is 1. The molecule has 3 rings (SSSR count). The lowest BCUT2D eigenvalue weighted by Crippen LogP contribution is -2.27. The van der Waals surface area contributed by atoms with E-state index in [2.05, 4.69) is 22.5 Å². The largest absolute Gasteiger partial charge is 0.383 e. The summed E-state index contributed by atoms with van der Waals surface area (Å²) in [5.74, 6) is -0.306. The van der Waals surface area contributed by atoms with Gasteiger partial charge in [0.05, 0.1) is 29.5 Å². The summed E-state index contributed by atoms with van der Waals surface area (Å²) in [5, 5.41) is 6.32. The number of aromatic nitrogens is 2. The number of carbonyl (C=O) groups excluding carboxylic acids is 2. The number of anilines is 2. The number of nitrogens with one attached hydrogen (secondary N) is 2. The van der Waals surface area contributed by atoms with Crippen LogP contribution in [0.15, 0.2) is 39.1 Å². The van der Waals surface area contributed by atoms with Gasteiger partial charge in [-0.2, -0.15) is 0 Å². The van der Waals surface area contributed by atoms with Crippen molar-refractivity contribution in [2.45, 2.75) is 42.1 Å². The molecule has 160 valence electrons. The molecule has 10 heteroatoms. The number of amides is 2. The number of fused-ring (bicyclic) bond motifs is 1. The lowest BCUT2D eigenvalue weighted by Gasteiger charge is -2.13. The molecule has 2 amide bonds. The molecule has 1 aliphatic rings. The van der Waals surface area contributed by atoms with Crippen molar-refractivity contribution < 1.29 is 14.3 Å². The zero-order chi connectivity index (χ0) is 21.7. The van der Waals surface area contributed by atoms with Gasteiger partial charge in [0.25, 0.3) is 5.56 Å². The van der Waals surface area contributed by atoms with Crippen LogP contribution in [0.5, 0.6) is 0 Å². The fraction of sp³-hybridized carbons (Fsp3) is 0.400. The van der Waals surface area contributed by atoms with Gasteiger partial charge in [-0.05, 0) is 18.2 Å². The van der Waals surface area contributed by atoms with Gasteiger partial charge in [-0.25, -0.2) is 4.98 Å². The van der Waals surface area contributed by atoms with E-state index in [1.54, 1.807) is 47.7 Å². The van der Waals surface area contributed by atoms with E-state index in [1.165, 1.54) is 18.7 Å². The molecule has 1 unspecified atom stereocenters. The zero-order valence-corrected chi connectivity index (χ0v) is 18.7. The maximum absolute atomic E-state index is 12.9. The third kappa shape index (κ3) is 5.65. The van der Waals surface area contributed by atoms with E-state index >= 15 is 0 Å². The summed E-state index contributed by atoms with van der Waals surface area (Å²) in [6.07, 6.45) is 0.746. The van der Waals surface area contributed by atoms with Crippen LogP contribution in [0.3, 0.4) is 0 Å². The monoisotopic (exact) mass is 448 g/mol. The van der Waals surface area contributed by atoms with Crippen LogP contribution in [0.4, 0.5) is 11.4 Å². The van der Waals surface area contributed by atoms with Crippen LogP contribution < -0.4 is 16.2 Å². The highest BCUT2D eigenvalue weighted by Crippen LogP contribution is 2.34. The summed E-state index contributed by atoms with van der Waals surface area (Å²) >= 11 is 2.78. The number of thioether (sulfide) groups is 2. The Kier molecular flexibility index (Phi) is 7.57. The molecule has 2 heterocycles. The molecule has 0 fully saturated rings. The van der Waals surface area contributed by atoms with Crippen LogP contribution >= 0.6 is 23.5 Å². The van der Waals surface area contributed by atoms with E-state index in [4.69, 9.17) is 4.74 Å². The standard InChI is InChI=1S/C20H24N4O4S2/c1-12-9-16-18(30-12)19(27)24(7-8-28-3)20(23-16)29-11-17(26)22-15-6-4-5-14(10-15)21-13(2)25/h4-6,10,12H,7-9,11H2,1-3H3,(H,21,25)(H,22,26). The van der Waals surface area contributed by atoms with Crippen molar-refractivity contribution in [2.75, 3.05) is 30.1 Å². The average molecular weight is 449 g/mol. The maximum atomic E-state index is 12.9. The Hall–Kier alpha value is -2.30. The number of hydrogen-bond acceptors (Lipinski definition) is 7. The summed E-state index contributed by atoms with van der Waals surface area (Å²) in [4.78, 5) is 41.9. The maximum Gasteiger partial charge on any atom is 0.268 e. The number of ether oxygens (including phenoxy) is 1. The first kappa shape index (κ1) is 22.4. The molecule has 0 aliphatic carbocycles. The highest BCUT2D eigenvalue weighted by molar-refractivity contribution is 8.00. The van der Waals surface area contributed by atoms with Gasteiger partial charge in [0, 0.05) is 37.1 Å². The highest BCUT2D eigenvalue weighted by atomic mass is 32.2. The average Bonchev–Trinajstić information content (AvgIpc) is 3.06. The van der Waals surface area contributed by atoms with Crippen LogP contribution in [-0.2, 0) is 27.3 Å². The minimum atomic E-state index is -0.226. The molecular formula is C20H24N4O4S2. The van der Waals surface area contributed by atoms with Crippen LogP contribution in [-0.4, -0.2) is 46.1 Å². The third-order valence-corrected chi connectivity index (χ3v) is 6.47. The van der Waals surface area contributed by atoms with Crippen LogP contribution in [0, 0.1) is 0 Å². The molecular weight excluding hydrogens is 424 g/mol. The smallest absolute Gasteiger partial charge is 0.268 e. The molecule has 2 aromatic rings. The summed E-state index contributed by atoms with van der Waals surface area (Å²) in [5.41, 5.74) is 1.92. The normalized spacial score (nSPS) is 15.0. The van der Waals surface area contributed by atoms with Gasteiger partial charge in [0.2, 0.25) is 11.8 Å². The first-order chi connectivity index (χ1) is 14.4. The fourth-order valence-electron chi connectivity index (χ4n) is 3.03. The summed E-state index contributed by atoms with van der Waals surface area (Å²) in [6, 6.07) is 6.92. The van der Waals surface area contributed by atoms with Crippen LogP contribution in [0.25, 0.3) is 0 Å². The predicted octanol–water partition coefficient (Wildman–Crippen LogP) is 2.62. The van der Waals surface area contributed by atoms with Crippen molar-refractivity contribution in [3.63, 3.8) is 0 Å². The van der Waals surface area contributed by atoms with E-state index in [9.17, 15) is 14.4 Å². The summed E-state index contributed by atoms with van der Waals surface area (Å²) in [7, 11) is 1.58. The Bertz CT molecular complexity index is 1010. The quantitative estimate of drug-likeness (QED) is 0.473. The van der Waals surface area contributed by atoms with Crippen LogP contribution in [0.1, 0.15) is 19.5 Å². The van der Waals surface area contributed by atoms with Gasteiger partial charge >= 0.3 is 0 Å². The second-order valence-corrected chi connectivity index (χ2v) is 9.24. The van der Waals surface area contributed by atoms with E-state index in [-0.39, 0.29) is 23.1 Å². The molecule has 1 aromatic carbocycles. The molecule has 2 N–H and O–H groups in total. The SMILES string of the molecule is COCCn1c(SCC(=O)Nc2cccc(NC(C)=O)c2)nc2c(c1=O)SC(C)C2. The van der Waals surface area contributed by atoms with Gasteiger partial charge in [-0.1, -0.05) is 24.8 Å². The molecule has 1 aliphatic heterocycles. The first-order valence-corrected chi connectivity index (χ1v) is 11.3. The fourth-order valence-corrected chi connectivity index (χ4v) is 4.98. The second-order valence-electron chi connectivity index (χ2n) is 6.85. The number of carbonyl (C=O) groups is 2.